The number of pyridine rings is 1. The van der Waals surface area contributed by atoms with E-state index in [9.17, 15) is 22.8 Å². The number of carbonyl (C=O) groups excluding carboxylic acids is 1. The van der Waals surface area contributed by atoms with Gasteiger partial charge in [-0.3, -0.25) is 19.1 Å². The molecule has 10 heteroatoms. The van der Waals surface area contributed by atoms with Crippen molar-refractivity contribution in [1.29, 1.82) is 0 Å². The Morgan fingerprint density at radius 1 is 1.38 bits per heavy atom. The van der Waals surface area contributed by atoms with Gasteiger partial charge >= 0.3 is 6.18 Å². The number of anilines is 1. The van der Waals surface area contributed by atoms with E-state index in [0.29, 0.717) is 5.69 Å². The third-order valence-corrected chi connectivity index (χ3v) is 4.33. The number of halogens is 4. The van der Waals surface area contributed by atoms with Crippen LogP contribution in [0.25, 0.3) is 0 Å². The number of hydrogen-bond donors (Lipinski definition) is 0. The van der Waals surface area contributed by atoms with E-state index >= 15 is 0 Å². The lowest BCUT2D eigenvalue weighted by Crippen LogP contribution is -2.54. The summed E-state index contributed by atoms with van der Waals surface area (Å²) in [4.78, 5) is 33.1. The van der Waals surface area contributed by atoms with Crippen LogP contribution in [0.2, 0.25) is 5.15 Å². The lowest BCUT2D eigenvalue weighted by atomic mass is 10.1. The fourth-order valence-electron chi connectivity index (χ4n) is 2.84. The lowest BCUT2D eigenvalue weighted by Gasteiger charge is -2.38. The number of rotatable bonds is 3. The van der Waals surface area contributed by atoms with Crippen LogP contribution >= 0.6 is 11.6 Å². The van der Waals surface area contributed by atoms with Crippen LogP contribution in [-0.2, 0) is 6.54 Å². The van der Waals surface area contributed by atoms with Gasteiger partial charge in [0.15, 0.2) is 5.78 Å². The maximum Gasteiger partial charge on any atom is 0.408 e. The van der Waals surface area contributed by atoms with Crippen molar-refractivity contribution < 1.29 is 18.0 Å². The molecule has 0 bridgehead atoms. The standard InChI is InChI=1S/C16H14ClF3N4O2/c1-9-2-3-10(7-21-9)11(25)8-24-12(16(18,19)20)4-5-23-14(26)6-13(17)22-15(23)24/h2-3,6-7,12H,4-5,8H2,1H3. The zero-order valence-electron chi connectivity index (χ0n) is 13.6. The van der Waals surface area contributed by atoms with Gasteiger partial charge in [-0.25, -0.2) is 4.98 Å². The molecule has 26 heavy (non-hydrogen) atoms. The summed E-state index contributed by atoms with van der Waals surface area (Å²) in [5.41, 5.74) is 0.297. The van der Waals surface area contributed by atoms with Gasteiger partial charge in [-0.1, -0.05) is 11.6 Å². The van der Waals surface area contributed by atoms with Crippen LogP contribution in [-0.4, -0.2) is 39.1 Å². The second kappa shape index (κ2) is 6.71. The average molecular weight is 387 g/mol. The highest BCUT2D eigenvalue weighted by molar-refractivity contribution is 6.29. The molecule has 0 radical (unpaired) electrons. The minimum Gasteiger partial charge on any atom is -0.322 e. The van der Waals surface area contributed by atoms with Crippen molar-refractivity contribution in [3.63, 3.8) is 0 Å². The summed E-state index contributed by atoms with van der Waals surface area (Å²) in [5, 5.41) is -0.224. The number of hydrogen-bond acceptors (Lipinski definition) is 5. The normalized spacial score (nSPS) is 17.1. The number of Topliss-reactive ketones (excluding diaryl/α,β-unsaturated/α-hetero) is 1. The van der Waals surface area contributed by atoms with Gasteiger partial charge in [0.1, 0.15) is 11.2 Å². The van der Waals surface area contributed by atoms with E-state index in [1.165, 1.54) is 12.3 Å². The molecule has 1 atom stereocenters. The number of alkyl halides is 3. The Labute approximate surface area is 151 Å². The number of nitrogens with zero attached hydrogens (tertiary/aromatic N) is 4. The molecule has 1 unspecified atom stereocenters. The lowest BCUT2D eigenvalue weighted by molar-refractivity contribution is -0.152. The molecule has 0 aromatic carbocycles. The van der Waals surface area contributed by atoms with Crippen LogP contribution in [0.1, 0.15) is 22.5 Å². The summed E-state index contributed by atoms with van der Waals surface area (Å²) in [6.07, 6.45) is -3.64. The largest absolute Gasteiger partial charge is 0.408 e. The molecule has 2 aromatic heterocycles. The van der Waals surface area contributed by atoms with Crippen molar-refractivity contribution in [3.8, 4) is 0 Å². The molecule has 0 saturated carbocycles. The highest BCUT2D eigenvalue weighted by atomic mass is 35.5. The van der Waals surface area contributed by atoms with Crippen LogP contribution in [0.15, 0.2) is 29.2 Å². The van der Waals surface area contributed by atoms with Crippen LogP contribution in [0.5, 0.6) is 0 Å². The van der Waals surface area contributed by atoms with Crippen molar-refractivity contribution in [2.45, 2.75) is 32.1 Å². The maximum absolute atomic E-state index is 13.5. The van der Waals surface area contributed by atoms with Gasteiger partial charge < -0.3 is 4.90 Å². The van der Waals surface area contributed by atoms with Gasteiger partial charge in [-0.2, -0.15) is 13.2 Å². The van der Waals surface area contributed by atoms with Gasteiger partial charge in [0.2, 0.25) is 5.95 Å². The SMILES string of the molecule is Cc1ccc(C(=O)CN2c3nc(Cl)cc(=O)n3CCC2C(F)(F)F)cn1. The fraction of sp³-hybridized carbons (Fsp3) is 0.375. The number of ketones is 1. The van der Waals surface area contributed by atoms with Crippen molar-refractivity contribution in [2.24, 2.45) is 0 Å². The molecule has 0 aliphatic carbocycles. The topological polar surface area (TPSA) is 68.1 Å². The van der Waals surface area contributed by atoms with E-state index in [0.717, 1.165) is 15.5 Å². The van der Waals surface area contributed by atoms with Gasteiger partial charge in [0.05, 0.1) is 6.54 Å². The molecule has 0 spiro atoms. The monoisotopic (exact) mass is 386 g/mol. The van der Waals surface area contributed by atoms with E-state index in [1.807, 2.05) is 0 Å². The molecular weight excluding hydrogens is 373 g/mol. The summed E-state index contributed by atoms with van der Waals surface area (Å²) >= 11 is 5.75. The molecular formula is C16H14ClF3N4O2. The van der Waals surface area contributed by atoms with E-state index < -0.39 is 30.1 Å². The summed E-state index contributed by atoms with van der Waals surface area (Å²) in [6.45, 7) is 0.980. The van der Waals surface area contributed by atoms with Gasteiger partial charge in [0.25, 0.3) is 5.56 Å². The van der Waals surface area contributed by atoms with E-state index in [2.05, 4.69) is 9.97 Å². The number of aromatic nitrogens is 3. The molecule has 0 saturated heterocycles. The first-order valence-corrected chi connectivity index (χ1v) is 8.11. The second-order valence-corrected chi connectivity index (χ2v) is 6.34. The quantitative estimate of drug-likeness (QED) is 0.599. The summed E-state index contributed by atoms with van der Waals surface area (Å²) < 4.78 is 41.5. The van der Waals surface area contributed by atoms with Crippen LogP contribution in [0, 0.1) is 6.92 Å². The van der Waals surface area contributed by atoms with E-state index in [1.54, 1.807) is 13.0 Å². The number of fused-ring (bicyclic) bond motifs is 1. The Morgan fingerprint density at radius 3 is 2.73 bits per heavy atom. The molecule has 138 valence electrons. The fourth-order valence-corrected chi connectivity index (χ4v) is 3.01. The van der Waals surface area contributed by atoms with Gasteiger partial charge in [0, 0.05) is 30.1 Å². The molecule has 6 nitrogen and oxygen atoms in total. The molecule has 3 heterocycles. The summed E-state index contributed by atoms with van der Waals surface area (Å²) in [5.74, 6) is -0.820. The molecule has 3 rings (SSSR count). The third-order valence-electron chi connectivity index (χ3n) is 4.14. The first-order chi connectivity index (χ1) is 12.2. The van der Waals surface area contributed by atoms with Crippen molar-refractivity contribution >= 4 is 23.3 Å². The molecule has 0 N–H and O–H groups in total. The first kappa shape index (κ1) is 18.4. The molecule has 2 aromatic rings. The highest BCUT2D eigenvalue weighted by Crippen LogP contribution is 2.33. The van der Waals surface area contributed by atoms with E-state index in [4.69, 9.17) is 11.6 Å². The second-order valence-electron chi connectivity index (χ2n) is 5.95. The van der Waals surface area contributed by atoms with Crippen LogP contribution in [0.4, 0.5) is 19.1 Å². The Balaban J connectivity index is 2.01. The van der Waals surface area contributed by atoms with Crippen LogP contribution in [0.3, 0.4) is 0 Å². The van der Waals surface area contributed by atoms with Crippen molar-refractivity contribution in [2.75, 3.05) is 11.4 Å². The van der Waals surface area contributed by atoms with E-state index in [-0.39, 0.29) is 29.6 Å². The third kappa shape index (κ3) is 3.57. The average Bonchev–Trinajstić information content (AvgIpc) is 2.54. The highest BCUT2D eigenvalue weighted by Gasteiger charge is 2.47. The predicted molar refractivity (Wildman–Crippen MR) is 88.6 cm³/mol. The first-order valence-electron chi connectivity index (χ1n) is 7.73. The zero-order chi connectivity index (χ0) is 19.1. The van der Waals surface area contributed by atoms with Crippen molar-refractivity contribution in [3.05, 3.63) is 51.2 Å². The summed E-state index contributed by atoms with van der Waals surface area (Å²) in [7, 11) is 0. The molecule has 1 aliphatic heterocycles. The Hall–Kier alpha value is -2.42. The Kier molecular flexibility index (Phi) is 4.74. The Bertz CT molecular complexity index is 896. The zero-order valence-corrected chi connectivity index (χ0v) is 14.4. The number of aryl methyl sites for hydroxylation is 1. The minimum atomic E-state index is -4.59. The van der Waals surface area contributed by atoms with Gasteiger partial charge in [-0.15, -0.1) is 0 Å². The smallest absolute Gasteiger partial charge is 0.322 e. The predicted octanol–water partition coefficient (Wildman–Crippen LogP) is 2.62. The minimum absolute atomic E-state index is 0.153. The molecule has 0 fully saturated rings. The van der Waals surface area contributed by atoms with Crippen LogP contribution < -0.4 is 10.5 Å². The summed E-state index contributed by atoms with van der Waals surface area (Å²) in [6, 6.07) is 2.19. The Morgan fingerprint density at radius 2 is 2.12 bits per heavy atom. The van der Waals surface area contributed by atoms with Crippen molar-refractivity contribution in [1.82, 2.24) is 14.5 Å². The number of carbonyl (C=O) groups is 1. The van der Waals surface area contributed by atoms with Gasteiger partial charge in [-0.05, 0) is 25.5 Å². The maximum atomic E-state index is 13.5. The molecule has 1 aliphatic rings. The molecule has 0 amide bonds.